The molecule has 1 spiro atoms. The average Bonchev–Trinajstić information content (AvgIpc) is 3.57. The number of likely N-dealkylation sites (tertiary alicyclic amines) is 1. The van der Waals surface area contributed by atoms with Crippen LogP contribution in [0.25, 0.3) is 10.9 Å². The highest BCUT2D eigenvalue weighted by Crippen LogP contribution is 2.63. The normalized spacial score (nSPS) is 25.6. The molecule has 4 aromatic rings. The molecule has 10 heteroatoms. The lowest BCUT2D eigenvalue weighted by Crippen LogP contribution is -2.52. The third kappa shape index (κ3) is 2.85. The fraction of sp³-hybridized carbons (Fsp3) is 0.250. The van der Waals surface area contributed by atoms with Crippen molar-refractivity contribution in [3.63, 3.8) is 0 Å². The molecule has 0 unspecified atom stereocenters. The molecule has 0 saturated carbocycles. The van der Waals surface area contributed by atoms with Gasteiger partial charge in [0.2, 0.25) is 5.91 Å². The van der Waals surface area contributed by atoms with E-state index in [-0.39, 0.29) is 22.5 Å². The molecule has 0 bridgehead atoms. The molecule has 2 N–H and O–H groups in total. The van der Waals surface area contributed by atoms with Gasteiger partial charge in [-0.3, -0.25) is 14.4 Å². The fourth-order valence-electron chi connectivity index (χ4n) is 7.11. The molecule has 7 nitrogen and oxygen atoms in total. The van der Waals surface area contributed by atoms with Crippen LogP contribution in [0.1, 0.15) is 46.1 Å². The summed E-state index contributed by atoms with van der Waals surface area (Å²) in [6.45, 7) is 2.52. The predicted molar refractivity (Wildman–Crippen MR) is 142 cm³/mol. The number of anilines is 1. The minimum Gasteiger partial charge on any atom is -0.478 e. The van der Waals surface area contributed by atoms with Crippen molar-refractivity contribution in [2.75, 3.05) is 11.9 Å². The Balaban J connectivity index is 1.53. The van der Waals surface area contributed by atoms with Crippen molar-refractivity contribution < 1.29 is 19.1 Å². The van der Waals surface area contributed by atoms with E-state index in [9.17, 15) is 14.7 Å². The van der Waals surface area contributed by atoms with Gasteiger partial charge in [-0.1, -0.05) is 54.4 Å². The summed E-state index contributed by atoms with van der Waals surface area (Å²) >= 11 is 12.6. The van der Waals surface area contributed by atoms with E-state index in [1.165, 1.54) is 6.07 Å². The van der Waals surface area contributed by atoms with Crippen LogP contribution in [0.4, 0.5) is 10.1 Å². The number of benzene rings is 3. The zero-order valence-electron chi connectivity index (χ0n) is 20.1. The molecule has 3 aliphatic heterocycles. The van der Waals surface area contributed by atoms with Gasteiger partial charge in [-0.25, -0.2) is 9.18 Å². The topological polar surface area (TPSA) is 87.5 Å². The SMILES string of the molecule is CCN1[C@H]2Cc3c4ccc(C(=O)O)cc4nn3[C@H]2[C@H](c2cccc(Cl)c2F)[C@]12C(=O)Nc1cc(Cl)ccc12. The minimum atomic E-state index is -1.22. The van der Waals surface area contributed by atoms with Gasteiger partial charge in [-0.2, -0.15) is 5.10 Å². The van der Waals surface area contributed by atoms with Gasteiger partial charge in [-0.15, -0.1) is 0 Å². The Morgan fingerprint density at radius 2 is 2.03 bits per heavy atom. The van der Waals surface area contributed by atoms with Crippen LogP contribution in [-0.2, 0) is 16.8 Å². The van der Waals surface area contributed by atoms with Crippen LogP contribution in [0.15, 0.2) is 54.6 Å². The van der Waals surface area contributed by atoms with Gasteiger partial charge in [0.25, 0.3) is 0 Å². The molecule has 3 aliphatic rings. The van der Waals surface area contributed by atoms with Crippen LogP contribution in [0.2, 0.25) is 10.0 Å². The van der Waals surface area contributed by atoms with Crippen molar-refractivity contribution in [1.82, 2.24) is 14.7 Å². The number of carboxylic acid groups (broad SMARTS) is 1. The summed E-state index contributed by atoms with van der Waals surface area (Å²) in [5.74, 6) is -2.53. The van der Waals surface area contributed by atoms with Crippen LogP contribution in [-0.4, -0.2) is 44.3 Å². The van der Waals surface area contributed by atoms with Crippen molar-refractivity contribution in [2.45, 2.75) is 36.9 Å². The summed E-state index contributed by atoms with van der Waals surface area (Å²) in [4.78, 5) is 27.8. The second-order valence-corrected chi connectivity index (χ2v) is 10.9. The number of carbonyl (C=O) groups excluding carboxylic acids is 1. The summed E-state index contributed by atoms with van der Waals surface area (Å²) in [5, 5.41) is 18.7. The Bertz CT molecular complexity index is 1710. The quantitative estimate of drug-likeness (QED) is 0.346. The van der Waals surface area contributed by atoms with E-state index in [1.54, 1.807) is 42.5 Å². The molecule has 7 rings (SSSR count). The highest BCUT2D eigenvalue weighted by Gasteiger charge is 2.69. The molecular weight excluding hydrogens is 530 g/mol. The van der Waals surface area contributed by atoms with Crippen molar-refractivity contribution in [1.29, 1.82) is 0 Å². The molecule has 0 radical (unpaired) electrons. The first-order valence-electron chi connectivity index (χ1n) is 12.3. The van der Waals surface area contributed by atoms with Crippen molar-refractivity contribution in [2.24, 2.45) is 0 Å². The van der Waals surface area contributed by atoms with Crippen LogP contribution in [0.3, 0.4) is 0 Å². The van der Waals surface area contributed by atoms with Gasteiger partial charge in [0.1, 0.15) is 11.4 Å². The molecule has 1 saturated heterocycles. The third-order valence-corrected chi connectivity index (χ3v) is 8.94. The second-order valence-electron chi connectivity index (χ2n) is 10.0. The molecule has 1 fully saturated rings. The lowest BCUT2D eigenvalue weighted by atomic mass is 9.73. The number of halogens is 3. The molecule has 4 heterocycles. The first-order valence-corrected chi connectivity index (χ1v) is 13.1. The van der Waals surface area contributed by atoms with E-state index < -0.39 is 29.3 Å². The number of amides is 1. The van der Waals surface area contributed by atoms with E-state index in [1.807, 2.05) is 17.7 Å². The monoisotopic (exact) mass is 550 g/mol. The highest BCUT2D eigenvalue weighted by molar-refractivity contribution is 6.31. The van der Waals surface area contributed by atoms with Gasteiger partial charge in [0.15, 0.2) is 0 Å². The fourth-order valence-corrected chi connectivity index (χ4v) is 7.46. The number of nitrogens with zero attached hydrogens (tertiary/aromatic N) is 3. The Morgan fingerprint density at radius 3 is 2.79 bits per heavy atom. The molecule has 1 amide bonds. The second kappa shape index (κ2) is 8.02. The Kier molecular flexibility index (Phi) is 4.99. The van der Waals surface area contributed by atoms with Crippen LogP contribution < -0.4 is 5.32 Å². The lowest BCUT2D eigenvalue weighted by Gasteiger charge is -2.39. The zero-order valence-corrected chi connectivity index (χ0v) is 21.6. The molecule has 1 aromatic heterocycles. The van der Waals surface area contributed by atoms with E-state index >= 15 is 4.39 Å². The summed E-state index contributed by atoms with van der Waals surface area (Å²) in [6, 6.07) is 14.5. The number of carbonyl (C=O) groups is 2. The number of hydrogen-bond acceptors (Lipinski definition) is 4. The zero-order chi connectivity index (χ0) is 26.5. The Morgan fingerprint density at radius 1 is 1.21 bits per heavy atom. The lowest BCUT2D eigenvalue weighted by molar-refractivity contribution is -0.127. The summed E-state index contributed by atoms with van der Waals surface area (Å²) < 4.78 is 17.7. The van der Waals surface area contributed by atoms with Crippen LogP contribution in [0, 0.1) is 5.82 Å². The first-order chi connectivity index (χ1) is 18.3. The molecule has 4 atom stereocenters. The summed E-state index contributed by atoms with van der Waals surface area (Å²) in [7, 11) is 0. The van der Waals surface area contributed by atoms with Crippen LogP contribution >= 0.6 is 23.2 Å². The van der Waals surface area contributed by atoms with E-state index in [2.05, 4.69) is 10.2 Å². The maximum absolute atomic E-state index is 15.9. The maximum Gasteiger partial charge on any atom is 0.335 e. The largest absolute Gasteiger partial charge is 0.478 e. The summed E-state index contributed by atoms with van der Waals surface area (Å²) in [6.07, 6.45) is 0.568. The van der Waals surface area contributed by atoms with Gasteiger partial charge in [-0.05, 0) is 42.4 Å². The Hall–Kier alpha value is -3.46. The molecule has 3 aromatic carbocycles. The minimum absolute atomic E-state index is 0.0196. The smallest absolute Gasteiger partial charge is 0.335 e. The van der Waals surface area contributed by atoms with Gasteiger partial charge in [0, 0.05) is 45.7 Å². The van der Waals surface area contributed by atoms with E-state index in [0.717, 1.165) is 16.6 Å². The Labute approximate surface area is 226 Å². The van der Waals surface area contributed by atoms with Gasteiger partial charge in [0.05, 0.1) is 22.1 Å². The number of nitrogens with one attached hydrogen (secondary N) is 1. The highest BCUT2D eigenvalue weighted by atomic mass is 35.5. The maximum atomic E-state index is 15.9. The van der Waals surface area contributed by atoms with Gasteiger partial charge >= 0.3 is 5.97 Å². The molecule has 0 aliphatic carbocycles. The molecule has 38 heavy (non-hydrogen) atoms. The van der Waals surface area contributed by atoms with Crippen LogP contribution in [0.5, 0.6) is 0 Å². The van der Waals surface area contributed by atoms with Gasteiger partial charge < -0.3 is 10.4 Å². The average molecular weight is 551 g/mol. The molecular formula is C28H21Cl2FN4O3. The molecule has 192 valence electrons. The van der Waals surface area contributed by atoms with E-state index in [4.69, 9.17) is 28.3 Å². The predicted octanol–water partition coefficient (Wildman–Crippen LogP) is 5.61. The number of rotatable bonds is 3. The number of fused-ring (bicyclic) bond motifs is 7. The number of aromatic nitrogens is 2. The first kappa shape index (κ1) is 23.6. The number of carboxylic acids is 1. The number of hydrogen-bond donors (Lipinski definition) is 2. The number of aromatic carboxylic acids is 1. The third-order valence-electron chi connectivity index (χ3n) is 8.42. The van der Waals surface area contributed by atoms with E-state index in [0.29, 0.717) is 34.8 Å². The van der Waals surface area contributed by atoms with Crippen molar-refractivity contribution >= 4 is 51.7 Å². The van der Waals surface area contributed by atoms with Crippen molar-refractivity contribution in [3.8, 4) is 0 Å². The number of likely N-dealkylation sites (N-methyl/N-ethyl adjacent to an activating group) is 1. The van der Waals surface area contributed by atoms with Crippen molar-refractivity contribution in [3.05, 3.63) is 92.8 Å². The standard InChI is InChI=1S/C28H21Cl2FN4O3/c1-2-34-22-12-21-15-8-6-13(26(36)37)10-19(15)33-35(21)25(22)23(16-4-3-5-18(30)24(16)31)28(34)17-9-7-14(29)11-20(17)32-27(28)38/h3-11,22-23,25H,2,12H2,1H3,(H,32,38)(H,36,37)/t22-,23-,25+,28+/m0/s1. The summed E-state index contributed by atoms with van der Waals surface area (Å²) in [5.41, 5.74) is 2.07.